The van der Waals surface area contributed by atoms with Gasteiger partial charge in [0.1, 0.15) is 0 Å². The highest BCUT2D eigenvalue weighted by Gasteiger charge is 2.28. The summed E-state index contributed by atoms with van der Waals surface area (Å²) in [6.45, 7) is 2.42. The van der Waals surface area contributed by atoms with Crippen molar-refractivity contribution in [3.8, 4) is 0 Å². The van der Waals surface area contributed by atoms with E-state index >= 15 is 0 Å². The Hall–Kier alpha value is -1.95. The normalized spacial score (nSPS) is 16.5. The number of nitrogens with zero attached hydrogens (tertiary/aromatic N) is 2. The van der Waals surface area contributed by atoms with E-state index in [0.717, 1.165) is 11.1 Å². The molecule has 1 atom stereocenters. The second-order valence-corrected chi connectivity index (χ2v) is 5.16. The highest BCUT2D eigenvalue weighted by Crippen LogP contribution is 2.31. The molecule has 19 heavy (non-hydrogen) atoms. The molecule has 1 fully saturated rings. The number of hydrogen-bond acceptors (Lipinski definition) is 4. The van der Waals surface area contributed by atoms with Crippen molar-refractivity contribution in [2.24, 2.45) is 11.7 Å². The van der Waals surface area contributed by atoms with Crippen molar-refractivity contribution in [2.75, 3.05) is 6.54 Å². The lowest BCUT2D eigenvalue weighted by molar-refractivity contribution is 0.0950. The first-order valence-electron chi connectivity index (χ1n) is 6.49. The Kier molecular flexibility index (Phi) is 2.94. The molecule has 4 N–H and O–H groups in total. The molecule has 6 nitrogen and oxygen atoms in total. The zero-order valence-corrected chi connectivity index (χ0v) is 10.8. The number of amides is 1. The number of pyridine rings is 1. The fourth-order valence-corrected chi connectivity index (χ4v) is 2.15. The first-order chi connectivity index (χ1) is 9.15. The first-order valence-corrected chi connectivity index (χ1v) is 6.49. The molecule has 100 valence electrons. The lowest BCUT2D eigenvalue weighted by Gasteiger charge is -2.11. The van der Waals surface area contributed by atoms with Crippen LogP contribution in [0.2, 0.25) is 0 Å². The van der Waals surface area contributed by atoms with Gasteiger partial charge < -0.3 is 11.1 Å². The topological polar surface area (TPSA) is 96.7 Å². The third kappa shape index (κ3) is 2.44. The Morgan fingerprint density at radius 1 is 1.63 bits per heavy atom. The molecular weight excluding hydrogens is 242 g/mol. The quantitative estimate of drug-likeness (QED) is 0.754. The van der Waals surface area contributed by atoms with Gasteiger partial charge in [-0.3, -0.25) is 9.89 Å². The fourth-order valence-electron chi connectivity index (χ4n) is 2.15. The first kappa shape index (κ1) is 12.1. The van der Waals surface area contributed by atoms with E-state index in [9.17, 15) is 4.79 Å². The smallest absolute Gasteiger partial charge is 0.252 e. The molecule has 1 saturated carbocycles. The van der Waals surface area contributed by atoms with Crippen molar-refractivity contribution in [1.29, 1.82) is 0 Å². The van der Waals surface area contributed by atoms with Gasteiger partial charge in [0, 0.05) is 29.9 Å². The summed E-state index contributed by atoms with van der Waals surface area (Å²) in [6.07, 6.45) is 3.90. The fraction of sp³-hybridized carbons (Fsp3) is 0.462. The number of fused-ring (bicyclic) bond motifs is 1. The third-order valence-electron chi connectivity index (χ3n) is 3.59. The van der Waals surface area contributed by atoms with Crippen LogP contribution in [0.4, 0.5) is 0 Å². The second-order valence-electron chi connectivity index (χ2n) is 5.16. The third-order valence-corrected chi connectivity index (χ3v) is 3.59. The van der Waals surface area contributed by atoms with Crippen LogP contribution in [0.15, 0.2) is 12.3 Å². The van der Waals surface area contributed by atoms with Crippen LogP contribution in [0.1, 0.15) is 28.9 Å². The van der Waals surface area contributed by atoms with E-state index in [4.69, 9.17) is 5.73 Å². The van der Waals surface area contributed by atoms with E-state index < -0.39 is 0 Å². The molecule has 2 aromatic rings. The summed E-state index contributed by atoms with van der Waals surface area (Å²) in [5.74, 6) is 0.447. The number of carbonyl (C=O) groups is 1. The highest BCUT2D eigenvalue weighted by atomic mass is 16.1. The minimum atomic E-state index is -0.133. The van der Waals surface area contributed by atoms with Crippen molar-refractivity contribution in [3.63, 3.8) is 0 Å². The van der Waals surface area contributed by atoms with Gasteiger partial charge in [-0.05, 0) is 31.7 Å². The van der Waals surface area contributed by atoms with Crippen LogP contribution in [0.25, 0.3) is 11.0 Å². The van der Waals surface area contributed by atoms with E-state index in [1.165, 1.54) is 12.8 Å². The summed E-state index contributed by atoms with van der Waals surface area (Å²) in [5, 5.41) is 10.6. The number of aromatic nitrogens is 3. The number of hydrogen-bond donors (Lipinski definition) is 3. The molecule has 1 unspecified atom stereocenters. The van der Waals surface area contributed by atoms with Crippen LogP contribution < -0.4 is 11.1 Å². The van der Waals surface area contributed by atoms with Gasteiger partial charge in [0.05, 0.1) is 5.56 Å². The zero-order valence-electron chi connectivity index (χ0n) is 10.8. The number of aryl methyl sites for hydroxylation is 1. The van der Waals surface area contributed by atoms with Gasteiger partial charge in [0.15, 0.2) is 5.65 Å². The zero-order chi connectivity index (χ0) is 13.4. The predicted octanol–water partition coefficient (Wildman–Crippen LogP) is 0.733. The van der Waals surface area contributed by atoms with Crippen molar-refractivity contribution in [1.82, 2.24) is 20.5 Å². The minimum absolute atomic E-state index is 0.0660. The maximum atomic E-state index is 12.0. The molecule has 0 aromatic carbocycles. The van der Waals surface area contributed by atoms with Crippen LogP contribution in [0.3, 0.4) is 0 Å². The van der Waals surface area contributed by atoms with Crippen LogP contribution >= 0.6 is 0 Å². The average molecular weight is 259 g/mol. The molecule has 0 saturated heterocycles. The molecule has 0 aliphatic heterocycles. The molecule has 0 bridgehead atoms. The monoisotopic (exact) mass is 259 g/mol. The van der Waals surface area contributed by atoms with E-state index in [1.54, 1.807) is 12.3 Å². The van der Waals surface area contributed by atoms with Crippen molar-refractivity contribution in [2.45, 2.75) is 25.8 Å². The molecular formula is C13H17N5O. The SMILES string of the molecule is Cc1[nH]nc2ncc(C(=O)NCC(N)C3CC3)cc12. The van der Waals surface area contributed by atoms with Gasteiger partial charge in [-0.25, -0.2) is 4.98 Å². The Balaban J connectivity index is 1.71. The number of aromatic amines is 1. The Labute approximate surface area is 110 Å². The van der Waals surface area contributed by atoms with Crippen LogP contribution in [0, 0.1) is 12.8 Å². The molecule has 6 heteroatoms. The van der Waals surface area contributed by atoms with Crippen LogP contribution in [-0.2, 0) is 0 Å². The van der Waals surface area contributed by atoms with Crippen LogP contribution in [-0.4, -0.2) is 33.7 Å². The van der Waals surface area contributed by atoms with Gasteiger partial charge in [0.25, 0.3) is 5.91 Å². The number of rotatable bonds is 4. The molecule has 0 spiro atoms. The van der Waals surface area contributed by atoms with Gasteiger partial charge in [0.2, 0.25) is 0 Å². The molecule has 1 aliphatic rings. The van der Waals surface area contributed by atoms with Crippen molar-refractivity contribution in [3.05, 3.63) is 23.5 Å². The number of nitrogens with one attached hydrogen (secondary N) is 2. The lowest BCUT2D eigenvalue weighted by Crippen LogP contribution is -2.38. The molecule has 1 aliphatic carbocycles. The number of H-pyrrole nitrogens is 1. The van der Waals surface area contributed by atoms with Gasteiger partial charge in [-0.15, -0.1) is 0 Å². The van der Waals surface area contributed by atoms with Crippen molar-refractivity contribution >= 4 is 16.9 Å². The largest absolute Gasteiger partial charge is 0.350 e. The Morgan fingerprint density at radius 3 is 3.16 bits per heavy atom. The molecule has 1 amide bonds. The molecule has 2 heterocycles. The van der Waals surface area contributed by atoms with Gasteiger partial charge >= 0.3 is 0 Å². The predicted molar refractivity (Wildman–Crippen MR) is 71.7 cm³/mol. The maximum absolute atomic E-state index is 12.0. The summed E-state index contributed by atoms with van der Waals surface area (Å²) in [6, 6.07) is 1.87. The standard InChI is InChI=1S/C13H17N5O/c1-7-10-4-9(5-15-12(10)18-17-7)13(19)16-6-11(14)8-2-3-8/h4-5,8,11H,2-3,6,14H2,1H3,(H,16,19)(H,15,17,18). The summed E-state index contributed by atoms with van der Waals surface area (Å²) in [5.41, 5.74) is 8.04. The molecule has 3 rings (SSSR count). The van der Waals surface area contributed by atoms with E-state index in [1.807, 2.05) is 6.92 Å². The Bertz CT molecular complexity index is 617. The highest BCUT2D eigenvalue weighted by molar-refractivity contribution is 5.97. The molecule has 0 radical (unpaired) electrons. The number of nitrogens with two attached hydrogens (primary N) is 1. The summed E-state index contributed by atoms with van der Waals surface area (Å²) < 4.78 is 0. The molecule has 2 aromatic heterocycles. The van der Waals surface area contributed by atoms with Crippen LogP contribution in [0.5, 0.6) is 0 Å². The summed E-state index contributed by atoms with van der Waals surface area (Å²) in [4.78, 5) is 16.2. The second kappa shape index (κ2) is 4.62. The average Bonchev–Trinajstić information content (AvgIpc) is 3.21. The van der Waals surface area contributed by atoms with Crippen molar-refractivity contribution < 1.29 is 4.79 Å². The number of carbonyl (C=O) groups excluding carboxylic acids is 1. The minimum Gasteiger partial charge on any atom is -0.350 e. The lowest BCUT2D eigenvalue weighted by atomic mass is 10.1. The van der Waals surface area contributed by atoms with E-state index in [-0.39, 0.29) is 11.9 Å². The maximum Gasteiger partial charge on any atom is 0.252 e. The summed E-state index contributed by atoms with van der Waals surface area (Å²) in [7, 11) is 0. The van der Waals surface area contributed by atoms with Gasteiger partial charge in [-0.1, -0.05) is 0 Å². The van der Waals surface area contributed by atoms with E-state index in [0.29, 0.717) is 23.7 Å². The van der Waals surface area contributed by atoms with Gasteiger partial charge in [-0.2, -0.15) is 5.10 Å². The Morgan fingerprint density at radius 2 is 2.42 bits per heavy atom. The summed E-state index contributed by atoms with van der Waals surface area (Å²) >= 11 is 0. The van der Waals surface area contributed by atoms with E-state index in [2.05, 4.69) is 20.5 Å².